The molecule has 1 aliphatic rings. The first-order valence-corrected chi connectivity index (χ1v) is 9.42. The Morgan fingerprint density at radius 2 is 1.96 bits per heavy atom. The smallest absolute Gasteiger partial charge is 0.340 e. The molecule has 1 aromatic carbocycles. The quantitative estimate of drug-likeness (QED) is 0.595. The highest BCUT2D eigenvalue weighted by Crippen LogP contribution is 2.25. The summed E-state index contributed by atoms with van der Waals surface area (Å²) in [6, 6.07) is 10.1. The van der Waals surface area contributed by atoms with Crippen molar-refractivity contribution in [1.82, 2.24) is 10.4 Å². The number of aromatic nitrogens is 1. The third kappa shape index (κ3) is 3.91. The van der Waals surface area contributed by atoms with Gasteiger partial charge < -0.3 is 9.72 Å². The van der Waals surface area contributed by atoms with Gasteiger partial charge in [-0.25, -0.2) is 10.2 Å². The van der Waals surface area contributed by atoms with Crippen molar-refractivity contribution in [3.63, 3.8) is 0 Å². The Labute approximate surface area is 164 Å². The number of carbonyl (C=O) groups is 2. The summed E-state index contributed by atoms with van der Waals surface area (Å²) in [6.07, 6.45) is 2.55. The maximum absolute atomic E-state index is 12.4. The van der Waals surface area contributed by atoms with Crippen molar-refractivity contribution >= 4 is 23.7 Å². The first kappa shape index (κ1) is 19.6. The van der Waals surface area contributed by atoms with Crippen LogP contribution in [0.2, 0.25) is 0 Å². The van der Waals surface area contributed by atoms with Crippen LogP contribution in [0.1, 0.15) is 46.7 Å². The van der Waals surface area contributed by atoms with Gasteiger partial charge >= 0.3 is 5.97 Å². The van der Waals surface area contributed by atoms with Gasteiger partial charge in [0.1, 0.15) is 0 Å². The van der Waals surface area contributed by atoms with Crippen molar-refractivity contribution < 1.29 is 14.3 Å². The van der Waals surface area contributed by atoms with Crippen LogP contribution in [-0.2, 0) is 16.0 Å². The van der Waals surface area contributed by atoms with E-state index in [4.69, 9.17) is 4.74 Å². The average Bonchev–Trinajstić information content (AvgIpc) is 3.16. The van der Waals surface area contributed by atoms with Gasteiger partial charge in [0.15, 0.2) is 0 Å². The number of hydrazone groups is 1. The van der Waals surface area contributed by atoms with Gasteiger partial charge in [-0.3, -0.25) is 4.79 Å². The number of hydrogen-bond donors (Lipinski definition) is 2. The number of aromatic amines is 1. The van der Waals surface area contributed by atoms with Crippen LogP contribution in [0.25, 0.3) is 6.08 Å². The van der Waals surface area contributed by atoms with Crippen LogP contribution in [0, 0.1) is 19.8 Å². The largest absolute Gasteiger partial charge is 0.462 e. The van der Waals surface area contributed by atoms with Crippen LogP contribution >= 0.6 is 0 Å². The molecule has 0 spiro atoms. The molecule has 0 bridgehead atoms. The molecule has 2 aromatic rings. The molecule has 2 heterocycles. The van der Waals surface area contributed by atoms with Crippen LogP contribution < -0.4 is 5.43 Å². The molecule has 1 unspecified atom stereocenters. The highest BCUT2D eigenvalue weighted by Gasteiger charge is 2.28. The minimum atomic E-state index is -0.361. The third-order valence-electron chi connectivity index (χ3n) is 4.89. The van der Waals surface area contributed by atoms with Crippen LogP contribution in [0.5, 0.6) is 0 Å². The lowest BCUT2D eigenvalue weighted by Gasteiger charge is -2.11. The molecule has 1 atom stereocenters. The molecule has 0 saturated carbocycles. The molecule has 1 aromatic heterocycles. The zero-order chi connectivity index (χ0) is 20.3. The minimum Gasteiger partial charge on any atom is -0.462 e. The highest BCUT2D eigenvalue weighted by molar-refractivity contribution is 6.28. The number of hydrogen-bond acceptors (Lipinski definition) is 4. The van der Waals surface area contributed by atoms with Crippen LogP contribution in [0.3, 0.4) is 0 Å². The van der Waals surface area contributed by atoms with Gasteiger partial charge in [-0.1, -0.05) is 37.3 Å². The Morgan fingerprint density at radius 1 is 1.25 bits per heavy atom. The molecule has 0 fully saturated rings. The summed E-state index contributed by atoms with van der Waals surface area (Å²) in [6.45, 7) is 7.81. The summed E-state index contributed by atoms with van der Waals surface area (Å²) in [5.74, 6) is -0.534. The number of ether oxygens (including phenoxy) is 1. The summed E-state index contributed by atoms with van der Waals surface area (Å²) in [5.41, 5.74) is 7.70. The third-order valence-corrected chi connectivity index (χ3v) is 4.89. The summed E-state index contributed by atoms with van der Waals surface area (Å²) < 4.78 is 5.14. The van der Waals surface area contributed by atoms with Crippen LogP contribution in [0.15, 0.2) is 41.0 Å². The van der Waals surface area contributed by atoms with Crippen molar-refractivity contribution in [2.24, 2.45) is 11.0 Å². The molecule has 2 N–H and O–H groups in total. The molecule has 6 heteroatoms. The molecular formula is C22H25N3O3. The van der Waals surface area contributed by atoms with Gasteiger partial charge in [-0.05, 0) is 44.4 Å². The van der Waals surface area contributed by atoms with Crippen LogP contribution in [-0.4, -0.2) is 29.2 Å². The molecule has 28 heavy (non-hydrogen) atoms. The Kier molecular flexibility index (Phi) is 5.78. The van der Waals surface area contributed by atoms with Gasteiger partial charge in [-0.2, -0.15) is 5.10 Å². The predicted molar refractivity (Wildman–Crippen MR) is 109 cm³/mol. The number of H-pyrrole nitrogens is 1. The molecule has 1 amide bonds. The minimum absolute atomic E-state index is 0.0634. The highest BCUT2D eigenvalue weighted by atomic mass is 16.5. The van der Waals surface area contributed by atoms with Gasteiger partial charge in [-0.15, -0.1) is 0 Å². The van der Waals surface area contributed by atoms with Crippen LogP contribution in [0.4, 0.5) is 0 Å². The lowest BCUT2D eigenvalue weighted by molar-refractivity contribution is -0.116. The van der Waals surface area contributed by atoms with E-state index in [1.165, 1.54) is 5.56 Å². The Balaban J connectivity index is 1.90. The number of carbonyl (C=O) groups excluding carboxylic acids is 2. The molecule has 0 aliphatic carbocycles. The SMILES string of the molecule is CCOC(=O)c1c(C)[nH]c(C=C2C(=O)NN=C2C(C)Cc2ccccc2)c1C. The summed E-state index contributed by atoms with van der Waals surface area (Å²) >= 11 is 0. The second kappa shape index (κ2) is 8.25. The lowest BCUT2D eigenvalue weighted by Crippen LogP contribution is -2.18. The number of rotatable bonds is 6. The standard InChI is InChI=1S/C22H25N3O3/c1-5-28-22(27)19-14(3)18(23-15(19)4)12-17-20(24-25-21(17)26)13(2)11-16-9-7-6-8-10-16/h6-10,12-13,23H,5,11H2,1-4H3,(H,25,26). The van der Waals surface area contributed by atoms with E-state index >= 15 is 0 Å². The summed E-state index contributed by atoms with van der Waals surface area (Å²) in [7, 11) is 0. The van der Waals surface area contributed by atoms with E-state index in [1.54, 1.807) is 13.0 Å². The van der Waals surface area contributed by atoms with Gasteiger partial charge in [0, 0.05) is 17.3 Å². The fourth-order valence-electron chi connectivity index (χ4n) is 3.50. The van der Waals surface area contributed by atoms with E-state index in [0.29, 0.717) is 23.4 Å². The molecule has 0 radical (unpaired) electrons. The monoisotopic (exact) mass is 379 g/mol. The first-order chi connectivity index (χ1) is 13.4. The first-order valence-electron chi connectivity index (χ1n) is 9.42. The van der Waals surface area contributed by atoms with Crippen molar-refractivity contribution in [3.8, 4) is 0 Å². The van der Waals surface area contributed by atoms with Crippen molar-refractivity contribution in [2.45, 2.75) is 34.1 Å². The zero-order valence-corrected chi connectivity index (χ0v) is 16.6. The number of aryl methyl sites for hydroxylation is 1. The Bertz CT molecular complexity index is 955. The summed E-state index contributed by atoms with van der Waals surface area (Å²) in [4.78, 5) is 27.8. The number of nitrogens with zero attached hydrogens (tertiary/aromatic N) is 1. The number of nitrogens with one attached hydrogen (secondary N) is 2. The fourth-order valence-corrected chi connectivity index (χ4v) is 3.50. The summed E-state index contributed by atoms with van der Waals surface area (Å²) in [5, 5.41) is 4.26. The van der Waals surface area contributed by atoms with Crippen molar-refractivity contribution in [3.05, 3.63) is 64.0 Å². The number of esters is 1. The molecular weight excluding hydrogens is 354 g/mol. The van der Waals surface area contributed by atoms with E-state index in [1.807, 2.05) is 32.0 Å². The predicted octanol–water partition coefficient (Wildman–Crippen LogP) is 3.56. The van der Waals surface area contributed by atoms with E-state index in [0.717, 1.165) is 23.4 Å². The molecule has 146 valence electrons. The van der Waals surface area contributed by atoms with Crippen molar-refractivity contribution in [1.29, 1.82) is 0 Å². The zero-order valence-electron chi connectivity index (χ0n) is 16.6. The number of benzene rings is 1. The second-order valence-corrected chi connectivity index (χ2v) is 6.97. The Morgan fingerprint density at radius 3 is 2.64 bits per heavy atom. The maximum atomic E-state index is 12.4. The topological polar surface area (TPSA) is 83.5 Å². The van der Waals surface area contributed by atoms with E-state index in [9.17, 15) is 9.59 Å². The molecule has 1 aliphatic heterocycles. The van der Waals surface area contributed by atoms with Gasteiger partial charge in [0.25, 0.3) is 5.91 Å². The lowest BCUT2D eigenvalue weighted by atomic mass is 9.91. The maximum Gasteiger partial charge on any atom is 0.340 e. The van der Waals surface area contributed by atoms with Gasteiger partial charge in [0.2, 0.25) is 0 Å². The average molecular weight is 379 g/mol. The molecule has 3 rings (SSSR count). The second-order valence-electron chi connectivity index (χ2n) is 6.97. The van der Waals surface area contributed by atoms with Gasteiger partial charge in [0.05, 0.1) is 23.5 Å². The number of amides is 1. The normalized spacial score (nSPS) is 16.1. The van der Waals surface area contributed by atoms with Crippen molar-refractivity contribution in [2.75, 3.05) is 6.61 Å². The van der Waals surface area contributed by atoms with E-state index < -0.39 is 0 Å². The fraction of sp³-hybridized carbons (Fsp3) is 0.318. The molecule has 6 nitrogen and oxygen atoms in total. The molecule has 0 saturated heterocycles. The van der Waals surface area contributed by atoms with E-state index in [2.05, 4.69) is 34.6 Å². The van der Waals surface area contributed by atoms with E-state index in [-0.39, 0.29) is 17.8 Å². The Hall–Kier alpha value is -3.15.